The highest BCUT2D eigenvalue weighted by Gasteiger charge is 2.19. The van der Waals surface area contributed by atoms with Crippen molar-refractivity contribution >= 4 is 27.4 Å². The topological polar surface area (TPSA) is 43.1 Å². The maximum absolute atomic E-state index is 12.4. The molecule has 0 unspecified atom stereocenters. The average molecular weight is 330 g/mol. The first-order valence-electron chi connectivity index (χ1n) is 6.85. The molecule has 1 aliphatic rings. The molecule has 1 saturated carbocycles. The van der Waals surface area contributed by atoms with E-state index in [9.17, 15) is 4.79 Å². The smallest absolute Gasteiger partial charge is 0.193 e. The van der Waals surface area contributed by atoms with Gasteiger partial charge in [0.1, 0.15) is 0 Å². The summed E-state index contributed by atoms with van der Waals surface area (Å²) in [6, 6.07) is 13.3. The molecule has 1 fully saturated rings. The van der Waals surface area contributed by atoms with Crippen LogP contribution in [0, 0.1) is 0 Å². The fourth-order valence-corrected chi connectivity index (χ4v) is 2.86. The Morgan fingerprint density at radius 3 is 2.25 bits per heavy atom. The first kappa shape index (κ1) is 13.4. The number of anilines is 1. The number of benzene rings is 2. The molecule has 0 aromatic heterocycles. The van der Waals surface area contributed by atoms with Crippen LogP contribution < -0.4 is 5.73 Å². The molecule has 2 N–H and O–H groups in total. The van der Waals surface area contributed by atoms with Crippen molar-refractivity contribution in [2.24, 2.45) is 0 Å². The SMILES string of the molecule is Nc1ccc(C(=O)c2ccc(C3CCC3)cc2)cc1Br. The van der Waals surface area contributed by atoms with Crippen LogP contribution in [-0.4, -0.2) is 5.78 Å². The predicted octanol–water partition coefficient (Wildman–Crippen LogP) is 4.53. The van der Waals surface area contributed by atoms with Gasteiger partial charge in [-0.15, -0.1) is 0 Å². The maximum atomic E-state index is 12.4. The Balaban J connectivity index is 1.84. The molecule has 0 atom stereocenters. The minimum absolute atomic E-state index is 0.0332. The molecule has 0 heterocycles. The van der Waals surface area contributed by atoms with E-state index in [1.165, 1.54) is 24.8 Å². The molecular weight excluding hydrogens is 314 g/mol. The standard InChI is InChI=1S/C17H16BrNO/c18-15-10-14(8-9-16(15)19)17(20)13-6-4-12(5-7-13)11-2-1-3-11/h4-11H,1-3,19H2. The molecule has 2 aromatic carbocycles. The minimum atomic E-state index is 0.0332. The van der Waals surface area contributed by atoms with Crippen molar-refractivity contribution < 1.29 is 4.79 Å². The molecule has 102 valence electrons. The van der Waals surface area contributed by atoms with Crippen LogP contribution in [-0.2, 0) is 0 Å². The average Bonchev–Trinajstić information content (AvgIpc) is 2.40. The van der Waals surface area contributed by atoms with Crippen molar-refractivity contribution in [3.63, 3.8) is 0 Å². The number of ketones is 1. The first-order valence-corrected chi connectivity index (χ1v) is 7.64. The largest absolute Gasteiger partial charge is 0.398 e. The second-order valence-corrected chi connectivity index (χ2v) is 6.17. The molecule has 0 radical (unpaired) electrons. The van der Waals surface area contributed by atoms with Gasteiger partial charge in [0.05, 0.1) is 0 Å². The third-order valence-electron chi connectivity index (χ3n) is 4.01. The van der Waals surface area contributed by atoms with Gasteiger partial charge >= 0.3 is 0 Å². The van der Waals surface area contributed by atoms with Crippen molar-refractivity contribution in [1.29, 1.82) is 0 Å². The number of halogens is 1. The highest BCUT2D eigenvalue weighted by atomic mass is 79.9. The van der Waals surface area contributed by atoms with E-state index >= 15 is 0 Å². The summed E-state index contributed by atoms with van der Waals surface area (Å²) >= 11 is 3.36. The van der Waals surface area contributed by atoms with Gasteiger partial charge in [-0.05, 0) is 58.5 Å². The summed E-state index contributed by atoms with van der Waals surface area (Å²) in [5, 5.41) is 0. The minimum Gasteiger partial charge on any atom is -0.398 e. The van der Waals surface area contributed by atoms with E-state index in [1.54, 1.807) is 18.2 Å². The molecule has 3 rings (SSSR count). The zero-order chi connectivity index (χ0) is 14.1. The molecule has 20 heavy (non-hydrogen) atoms. The highest BCUT2D eigenvalue weighted by Crippen LogP contribution is 2.36. The van der Waals surface area contributed by atoms with Crippen molar-refractivity contribution in [1.82, 2.24) is 0 Å². The first-order chi connectivity index (χ1) is 9.65. The summed E-state index contributed by atoms with van der Waals surface area (Å²) < 4.78 is 0.759. The predicted molar refractivity (Wildman–Crippen MR) is 85.0 cm³/mol. The lowest BCUT2D eigenvalue weighted by Crippen LogP contribution is -2.09. The Bertz CT molecular complexity index is 645. The lowest BCUT2D eigenvalue weighted by atomic mass is 9.80. The summed E-state index contributed by atoms with van der Waals surface area (Å²) in [6.45, 7) is 0. The van der Waals surface area contributed by atoms with Crippen LogP contribution in [0.3, 0.4) is 0 Å². The molecule has 0 spiro atoms. The summed E-state index contributed by atoms with van der Waals surface area (Å²) in [7, 11) is 0. The molecule has 3 heteroatoms. The number of nitrogen functional groups attached to an aromatic ring is 1. The van der Waals surface area contributed by atoms with Gasteiger partial charge in [-0.25, -0.2) is 0 Å². The summed E-state index contributed by atoms with van der Waals surface area (Å²) in [6.07, 6.45) is 3.88. The number of hydrogen-bond donors (Lipinski definition) is 1. The Kier molecular flexibility index (Phi) is 3.62. The zero-order valence-corrected chi connectivity index (χ0v) is 12.7. The zero-order valence-electron chi connectivity index (χ0n) is 11.1. The van der Waals surface area contributed by atoms with Gasteiger partial charge in [-0.2, -0.15) is 0 Å². The van der Waals surface area contributed by atoms with Crippen LogP contribution in [0.5, 0.6) is 0 Å². The van der Waals surface area contributed by atoms with Gasteiger partial charge in [0.25, 0.3) is 0 Å². The summed E-state index contributed by atoms with van der Waals surface area (Å²) in [5.41, 5.74) is 9.12. The number of nitrogens with two attached hydrogens (primary N) is 1. The van der Waals surface area contributed by atoms with E-state index in [-0.39, 0.29) is 5.78 Å². The van der Waals surface area contributed by atoms with E-state index in [2.05, 4.69) is 28.1 Å². The molecule has 1 aliphatic carbocycles. The molecule has 0 bridgehead atoms. The van der Waals surface area contributed by atoms with E-state index in [0.717, 1.165) is 10.0 Å². The van der Waals surface area contributed by atoms with Gasteiger partial charge in [0.2, 0.25) is 0 Å². The van der Waals surface area contributed by atoms with Gasteiger partial charge in [0, 0.05) is 21.3 Å². The molecule has 0 aliphatic heterocycles. The second-order valence-electron chi connectivity index (χ2n) is 5.32. The monoisotopic (exact) mass is 329 g/mol. The van der Waals surface area contributed by atoms with E-state index in [1.807, 2.05) is 12.1 Å². The lowest BCUT2D eigenvalue weighted by molar-refractivity contribution is 0.103. The summed E-state index contributed by atoms with van der Waals surface area (Å²) in [4.78, 5) is 12.4. The Labute approximate surface area is 127 Å². The number of rotatable bonds is 3. The van der Waals surface area contributed by atoms with Crippen LogP contribution in [0.4, 0.5) is 5.69 Å². The maximum Gasteiger partial charge on any atom is 0.193 e. The van der Waals surface area contributed by atoms with Gasteiger partial charge < -0.3 is 5.73 Å². The van der Waals surface area contributed by atoms with Crippen LogP contribution in [0.2, 0.25) is 0 Å². The summed E-state index contributed by atoms with van der Waals surface area (Å²) in [5.74, 6) is 0.732. The third-order valence-corrected chi connectivity index (χ3v) is 4.70. The number of carbonyl (C=O) groups excluding carboxylic acids is 1. The second kappa shape index (κ2) is 5.41. The van der Waals surface area contributed by atoms with E-state index in [0.29, 0.717) is 17.2 Å². The van der Waals surface area contributed by atoms with E-state index < -0.39 is 0 Å². The van der Waals surface area contributed by atoms with Crippen LogP contribution in [0.25, 0.3) is 0 Å². The Morgan fingerprint density at radius 1 is 1.05 bits per heavy atom. The Hall–Kier alpha value is -1.61. The third kappa shape index (κ3) is 2.50. The Morgan fingerprint density at radius 2 is 1.70 bits per heavy atom. The van der Waals surface area contributed by atoms with Crippen molar-refractivity contribution in [3.05, 3.63) is 63.6 Å². The van der Waals surface area contributed by atoms with E-state index in [4.69, 9.17) is 5.73 Å². The van der Waals surface area contributed by atoms with Crippen LogP contribution in [0.1, 0.15) is 46.7 Å². The molecular formula is C17H16BrNO. The fourth-order valence-electron chi connectivity index (χ4n) is 2.48. The van der Waals surface area contributed by atoms with Crippen LogP contribution >= 0.6 is 15.9 Å². The van der Waals surface area contributed by atoms with Crippen molar-refractivity contribution in [2.75, 3.05) is 5.73 Å². The lowest BCUT2D eigenvalue weighted by Gasteiger charge is -2.25. The fraction of sp³-hybridized carbons (Fsp3) is 0.235. The molecule has 2 aromatic rings. The molecule has 2 nitrogen and oxygen atoms in total. The quantitative estimate of drug-likeness (QED) is 0.664. The number of hydrogen-bond acceptors (Lipinski definition) is 2. The highest BCUT2D eigenvalue weighted by molar-refractivity contribution is 9.10. The van der Waals surface area contributed by atoms with Crippen molar-refractivity contribution in [2.45, 2.75) is 25.2 Å². The molecule has 0 saturated heterocycles. The van der Waals surface area contributed by atoms with Gasteiger partial charge in [-0.1, -0.05) is 30.7 Å². The van der Waals surface area contributed by atoms with Crippen molar-refractivity contribution in [3.8, 4) is 0 Å². The van der Waals surface area contributed by atoms with Gasteiger partial charge in [0.15, 0.2) is 5.78 Å². The normalized spacial score (nSPS) is 14.8. The molecule has 0 amide bonds. The van der Waals surface area contributed by atoms with Gasteiger partial charge in [-0.3, -0.25) is 4.79 Å². The number of carbonyl (C=O) groups is 1. The van der Waals surface area contributed by atoms with Crippen LogP contribution in [0.15, 0.2) is 46.9 Å².